The molecule has 0 aliphatic heterocycles. The Morgan fingerprint density at radius 3 is 2.42 bits per heavy atom. The van der Waals surface area contributed by atoms with Crippen molar-refractivity contribution in [1.82, 2.24) is 10.3 Å². The van der Waals surface area contributed by atoms with Crippen molar-refractivity contribution < 1.29 is 0 Å². The Bertz CT molecular complexity index is 358. The van der Waals surface area contributed by atoms with Gasteiger partial charge in [0.15, 0.2) is 0 Å². The number of unbranched alkanes of at least 4 members (excludes halogenated alkanes) is 3. The molecular formula is C16H30N2S. The molecule has 2 nitrogen and oxygen atoms in total. The van der Waals surface area contributed by atoms with Crippen LogP contribution in [0.5, 0.6) is 0 Å². The Balaban J connectivity index is 2.66. The molecule has 1 aromatic heterocycles. The summed E-state index contributed by atoms with van der Waals surface area (Å²) in [5.41, 5.74) is 1.28. The van der Waals surface area contributed by atoms with Gasteiger partial charge in [0, 0.05) is 10.9 Å². The van der Waals surface area contributed by atoms with Crippen molar-refractivity contribution in [1.29, 1.82) is 0 Å². The third-order valence-electron chi connectivity index (χ3n) is 3.42. The zero-order chi connectivity index (χ0) is 14.3. The Morgan fingerprint density at radius 2 is 1.89 bits per heavy atom. The number of nitrogens with one attached hydrogen (secondary N) is 1. The molecule has 0 aromatic carbocycles. The van der Waals surface area contributed by atoms with Gasteiger partial charge in [-0.3, -0.25) is 0 Å². The fourth-order valence-electron chi connectivity index (χ4n) is 2.38. The van der Waals surface area contributed by atoms with Gasteiger partial charge in [0.25, 0.3) is 0 Å². The summed E-state index contributed by atoms with van der Waals surface area (Å²) in [4.78, 5) is 6.23. The minimum atomic E-state index is 0.445. The minimum absolute atomic E-state index is 0.445. The summed E-state index contributed by atoms with van der Waals surface area (Å²) in [5, 5.41) is 4.98. The molecule has 1 heterocycles. The van der Waals surface area contributed by atoms with Gasteiger partial charge in [-0.05, 0) is 19.8 Å². The van der Waals surface area contributed by atoms with Crippen LogP contribution in [0, 0.1) is 6.92 Å². The lowest BCUT2D eigenvalue weighted by Crippen LogP contribution is -2.28. The molecule has 0 bridgehead atoms. The predicted molar refractivity (Wildman–Crippen MR) is 86.0 cm³/mol. The lowest BCUT2D eigenvalue weighted by molar-refractivity contribution is 0.431. The van der Waals surface area contributed by atoms with Crippen LogP contribution in [0.1, 0.15) is 81.4 Å². The Labute approximate surface area is 123 Å². The maximum atomic E-state index is 4.84. The molecule has 19 heavy (non-hydrogen) atoms. The standard InChI is InChI=1S/C16H30N2S/c1-6-8-9-10-11-15(17-12(3)4)16-18-14(7-2)13(5)19-16/h12,15,17H,6-11H2,1-5H3. The van der Waals surface area contributed by atoms with Crippen LogP contribution in [0.3, 0.4) is 0 Å². The second-order valence-corrected chi connectivity index (χ2v) is 6.87. The predicted octanol–water partition coefficient (Wildman–Crippen LogP) is 5.02. The van der Waals surface area contributed by atoms with Crippen LogP contribution in [0.25, 0.3) is 0 Å². The van der Waals surface area contributed by atoms with Crippen LogP contribution in [0.2, 0.25) is 0 Å². The molecule has 3 heteroatoms. The molecule has 0 saturated heterocycles. The summed E-state index contributed by atoms with van der Waals surface area (Å²) < 4.78 is 0. The van der Waals surface area contributed by atoms with E-state index < -0.39 is 0 Å². The number of aromatic nitrogens is 1. The molecule has 0 spiro atoms. The van der Waals surface area contributed by atoms with Crippen LogP contribution in [0.4, 0.5) is 0 Å². The highest BCUT2D eigenvalue weighted by molar-refractivity contribution is 7.11. The van der Waals surface area contributed by atoms with Gasteiger partial charge in [-0.15, -0.1) is 11.3 Å². The molecule has 1 N–H and O–H groups in total. The average molecular weight is 282 g/mol. The lowest BCUT2D eigenvalue weighted by Gasteiger charge is -2.19. The first-order valence-corrected chi connectivity index (χ1v) is 8.62. The summed E-state index contributed by atoms with van der Waals surface area (Å²) in [7, 11) is 0. The topological polar surface area (TPSA) is 24.9 Å². The van der Waals surface area contributed by atoms with Crippen molar-refractivity contribution in [3.63, 3.8) is 0 Å². The molecule has 1 atom stereocenters. The summed E-state index contributed by atoms with van der Waals surface area (Å²) in [6.07, 6.45) is 7.57. The van der Waals surface area contributed by atoms with Crippen molar-refractivity contribution in [2.75, 3.05) is 0 Å². The van der Waals surface area contributed by atoms with E-state index in [4.69, 9.17) is 4.98 Å². The first-order chi connectivity index (χ1) is 9.08. The molecule has 110 valence electrons. The first kappa shape index (κ1) is 16.6. The van der Waals surface area contributed by atoms with E-state index in [0.717, 1.165) is 6.42 Å². The summed E-state index contributed by atoms with van der Waals surface area (Å²) in [5.74, 6) is 0. The van der Waals surface area contributed by atoms with Crippen molar-refractivity contribution in [2.24, 2.45) is 0 Å². The SMILES string of the molecule is CCCCCCC(NC(C)C)c1nc(CC)c(C)s1. The Kier molecular flexibility index (Phi) is 7.62. The number of aryl methyl sites for hydroxylation is 2. The van der Waals surface area contributed by atoms with Crippen LogP contribution in [-0.4, -0.2) is 11.0 Å². The van der Waals surface area contributed by atoms with Gasteiger partial charge in [0.05, 0.1) is 11.7 Å². The van der Waals surface area contributed by atoms with Crippen molar-refractivity contribution in [3.05, 3.63) is 15.6 Å². The smallest absolute Gasteiger partial charge is 0.110 e. The second-order valence-electron chi connectivity index (χ2n) is 5.63. The molecule has 0 aliphatic rings. The quantitative estimate of drug-likeness (QED) is 0.643. The maximum Gasteiger partial charge on any atom is 0.110 e. The molecule has 1 unspecified atom stereocenters. The molecular weight excluding hydrogens is 252 g/mol. The zero-order valence-corrected chi connectivity index (χ0v) is 14.1. The van der Waals surface area contributed by atoms with E-state index in [9.17, 15) is 0 Å². The average Bonchev–Trinajstić information content (AvgIpc) is 2.74. The van der Waals surface area contributed by atoms with E-state index in [1.165, 1.54) is 47.7 Å². The second kappa shape index (κ2) is 8.70. The molecule has 0 radical (unpaired) electrons. The minimum Gasteiger partial charge on any atom is -0.306 e. The largest absolute Gasteiger partial charge is 0.306 e. The molecule has 0 fully saturated rings. The Morgan fingerprint density at radius 1 is 1.16 bits per heavy atom. The van der Waals surface area contributed by atoms with Gasteiger partial charge in [-0.1, -0.05) is 53.4 Å². The third-order valence-corrected chi connectivity index (χ3v) is 4.55. The van der Waals surface area contributed by atoms with Crippen molar-refractivity contribution in [3.8, 4) is 0 Å². The van der Waals surface area contributed by atoms with E-state index >= 15 is 0 Å². The van der Waals surface area contributed by atoms with Gasteiger partial charge < -0.3 is 5.32 Å². The van der Waals surface area contributed by atoms with Gasteiger partial charge in [-0.2, -0.15) is 0 Å². The van der Waals surface area contributed by atoms with Gasteiger partial charge in [0.2, 0.25) is 0 Å². The Hall–Kier alpha value is -0.410. The van der Waals surface area contributed by atoms with E-state index in [0.29, 0.717) is 12.1 Å². The number of hydrogen-bond donors (Lipinski definition) is 1. The molecule has 0 aliphatic carbocycles. The molecule has 1 aromatic rings. The van der Waals surface area contributed by atoms with E-state index in [1.807, 2.05) is 11.3 Å². The van der Waals surface area contributed by atoms with E-state index in [1.54, 1.807) is 0 Å². The summed E-state index contributed by atoms with van der Waals surface area (Å²) >= 11 is 1.88. The highest BCUT2D eigenvalue weighted by Crippen LogP contribution is 2.27. The highest BCUT2D eigenvalue weighted by Gasteiger charge is 2.17. The number of thiazole rings is 1. The zero-order valence-electron chi connectivity index (χ0n) is 13.3. The maximum absolute atomic E-state index is 4.84. The summed E-state index contributed by atoms with van der Waals surface area (Å²) in [6.45, 7) is 11.1. The van der Waals surface area contributed by atoms with Crippen LogP contribution >= 0.6 is 11.3 Å². The van der Waals surface area contributed by atoms with Crippen molar-refractivity contribution >= 4 is 11.3 Å². The molecule has 0 amide bonds. The number of hydrogen-bond acceptors (Lipinski definition) is 3. The fraction of sp³-hybridized carbons (Fsp3) is 0.812. The number of rotatable bonds is 9. The number of nitrogens with zero attached hydrogens (tertiary/aromatic N) is 1. The fourth-order valence-corrected chi connectivity index (χ4v) is 3.49. The van der Waals surface area contributed by atoms with E-state index in [-0.39, 0.29) is 0 Å². The molecule has 0 saturated carbocycles. The van der Waals surface area contributed by atoms with Crippen molar-refractivity contribution in [2.45, 2.75) is 85.2 Å². The normalized spacial score (nSPS) is 13.2. The monoisotopic (exact) mass is 282 g/mol. The summed E-state index contributed by atoms with van der Waals surface area (Å²) in [6, 6.07) is 0.964. The van der Waals surface area contributed by atoms with Gasteiger partial charge in [-0.25, -0.2) is 4.98 Å². The van der Waals surface area contributed by atoms with Crippen LogP contribution < -0.4 is 5.32 Å². The van der Waals surface area contributed by atoms with E-state index in [2.05, 4.69) is 39.9 Å². The highest BCUT2D eigenvalue weighted by atomic mass is 32.1. The first-order valence-electron chi connectivity index (χ1n) is 7.80. The lowest BCUT2D eigenvalue weighted by atomic mass is 10.1. The van der Waals surface area contributed by atoms with Crippen LogP contribution in [0.15, 0.2) is 0 Å². The van der Waals surface area contributed by atoms with Gasteiger partial charge >= 0.3 is 0 Å². The van der Waals surface area contributed by atoms with Crippen LogP contribution in [-0.2, 0) is 6.42 Å². The van der Waals surface area contributed by atoms with Gasteiger partial charge in [0.1, 0.15) is 5.01 Å². The third kappa shape index (κ3) is 5.62. The molecule has 1 rings (SSSR count).